The van der Waals surface area contributed by atoms with Gasteiger partial charge in [-0.15, -0.1) is 0 Å². The van der Waals surface area contributed by atoms with Gasteiger partial charge in [0.1, 0.15) is 5.56 Å². The van der Waals surface area contributed by atoms with Gasteiger partial charge in [0.15, 0.2) is 0 Å². The largest absolute Gasteiger partial charge is 0.494 e. The van der Waals surface area contributed by atoms with Crippen LogP contribution < -0.4 is 11.2 Å². The monoisotopic (exact) mass is 251 g/mol. The Labute approximate surface area is 104 Å². The number of aliphatic imine (C=N–C) groups is 1. The molecule has 1 fully saturated rings. The smallest absolute Gasteiger partial charge is 0.333 e. The maximum Gasteiger partial charge on any atom is 0.333 e. The summed E-state index contributed by atoms with van der Waals surface area (Å²) in [6.45, 7) is 1.88. The van der Waals surface area contributed by atoms with Gasteiger partial charge in [0, 0.05) is 14.1 Å². The highest BCUT2D eigenvalue weighted by molar-refractivity contribution is 6.02. The fraction of sp³-hybridized carbons (Fsp3) is 0.583. The average molecular weight is 251 g/mol. The van der Waals surface area contributed by atoms with Crippen molar-refractivity contribution in [2.75, 3.05) is 0 Å². The highest BCUT2D eigenvalue weighted by Crippen LogP contribution is 2.25. The van der Waals surface area contributed by atoms with Crippen LogP contribution in [0.25, 0.3) is 0 Å². The number of aromatic nitrogens is 2. The van der Waals surface area contributed by atoms with E-state index in [4.69, 9.17) is 0 Å². The van der Waals surface area contributed by atoms with Crippen molar-refractivity contribution in [1.82, 2.24) is 9.13 Å². The standard InChI is InChI=1S/C12H17N3O3/c1-4-8(13-7-5-6-7)9-10(16)14(2)12(18)15(3)11(9)17/h7,16H,4-6H2,1-3H3. The van der Waals surface area contributed by atoms with Gasteiger partial charge in [0.2, 0.25) is 5.88 Å². The maximum absolute atomic E-state index is 12.1. The molecule has 1 aromatic rings. The molecule has 0 aromatic carbocycles. The minimum atomic E-state index is -0.539. The molecule has 1 aromatic heterocycles. The molecule has 0 unspecified atom stereocenters. The Morgan fingerprint density at radius 1 is 1.33 bits per heavy atom. The summed E-state index contributed by atoms with van der Waals surface area (Å²) in [5, 5.41) is 9.99. The Morgan fingerprint density at radius 2 is 1.94 bits per heavy atom. The Kier molecular flexibility index (Phi) is 3.11. The van der Waals surface area contributed by atoms with Crippen LogP contribution in [0.15, 0.2) is 14.6 Å². The van der Waals surface area contributed by atoms with Gasteiger partial charge >= 0.3 is 5.69 Å². The van der Waals surface area contributed by atoms with E-state index in [1.165, 1.54) is 14.1 Å². The molecule has 1 heterocycles. The minimum Gasteiger partial charge on any atom is -0.494 e. The molecular weight excluding hydrogens is 234 g/mol. The molecule has 6 heteroatoms. The third-order valence-corrected chi connectivity index (χ3v) is 3.14. The summed E-state index contributed by atoms with van der Waals surface area (Å²) >= 11 is 0. The lowest BCUT2D eigenvalue weighted by Crippen LogP contribution is -2.40. The first-order chi connectivity index (χ1) is 8.47. The summed E-state index contributed by atoms with van der Waals surface area (Å²) in [7, 11) is 2.84. The molecule has 98 valence electrons. The molecule has 0 bridgehead atoms. The minimum absolute atomic E-state index is 0.147. The zero-order chi connectivity index (χ0) is 13.4. The molecule has 0 amide bonds. The van der Waals surface area contributed by atoms with Gasteiger partial charge in [-0.1, -0.05) is 6.92 Å². The predicted molar refractivity (Wildman–Crippen MR) is 68.4 cm³/mol. The van der Waals surface area contributed by atoms with Crippen LogP contribution in [0.4, 0.5) is 0 Å². The maximum atomic E-state index is 12.1. The summed E-state index contributed by atoms with van der Waals surface area (Å²) in [5.41, 5.74) is -0.305. The lowest BCUT2D eigenvalue weighted by Gasteiger charge is -2.11. The second kappa shape index (κ2) is 4.44. The molecule has 1 saturated carbocycles. The fourth-order valence-electron chi connectivity index (χ4n) is 1.84. The van der Waals surface area contributed by atoms with E-state index in [2.05, 4.69) is 4.99 Å². The highest BCUT2D eigenvalue weighted by atomic mass is 16.3. The number of hydrogen-bond acceptors (Lipinski definition) is 4. The molecule has 0 radical (unpaired) electrons. The Morgan fingerprint density at radius 3 is 2.44 bits per heavy atom. The summed E-state index contributed by atoms with van der Waals surface area (Å²) in [5.74, 6) is -0.302. The molecular formula is C12H17N3O3. The van der Waals surface area contributed by atoms with Gasteiger partial charge in [-0.25, -0.2) is 4.79 Å². The molecule has 6 nitrogen and oxygen atoms in total. The van der Waals surface area contributed by atoms with Crippen LogP contribution in [0.2, 0.25) is 0 Å². The first kappa shape index (κ1) is 12.6. The third-order valence-electron chi connectivity index (χ3n) is 3.14. The van der Waals surface area contributed by atoms with Crippen LogP contribution in [-0.2, 0) is 14.1 Å². The van der Waals surface area contributed by atoms with Crippen molar-refractivity contribution in [3.05, 3.63) is 26.4 Å². The van der Waals surface area contributed by atoms with Crippen molar-refractivity contribution >= 4 is 5.71 Å². The molecule has 18 heavy (non-hydrogen) atoms. The van der Waals surface area contributed by atoms with E-state index in [0.29, 0.717) is 12.1 Å². The highest BCUT2D eigenvalue weighted by Gasteiger charge is 2.24. The van der Waals surface area contributed by atoms with Gasteiger partial charge in [0.25, 0.3) is 5.56 Å². The summed E-state index contributed by atoms with van der Waals surface area (Å²) in [4.78, 5) is 28.1. The van der Waals surface area contributed by atoms with Crippen molar-refractivity contribution in [2.45, 2.75) is 32.2 Å². The van der Waals surface area contributed by atoms with Crippen LogP contribution in [-0.4, -0.2) is 26.0 Å². The van der Waals surface area contributed by atoms with Crippen LogP contribution in [0.3, 0.4) is 0 Å². The van der Waals surface area contributed by atoms with Crippen molar-refractivity contribution in [1.29, 1.82) is 0 Å². The lowest BCUT2D eigenvalue weighted by molar-refractivity contribution is 0.410. The van der Waals surface area contributed by atoms with E-state index >= 15 is 0 Å². The number of rotatable bonds is 3. The van der Waals surface area contributed by atoms with Gasteiger partial charge in [-0.3, -0.25) is 18.9 Å². The van der Waals surface area contributed by atoms with E-state index < -0.39 is 11.2 Å². The topological polar surface area (TPSA) is 76.6 Å². The van der Waals surface area contributed by atoms with Gasteiger partial charge < -0.3 is 5.11 Å². The number of aromatic hydroxyl groups is 1. The average Bonchev–Trinajstić information content (AvgIpc) is 3.16. The first-order valence-corrected chi connectivity index (χ1v) is 6.03. The van der Waals surface area contributed by atoms with Gasteiger partial charge in [0.05, 0.1) is 11.8 Å². The van der Waals surface area contributed by atoms with Crippen molar-refractivity contribution in [3.8, 4) is 5.88 Å². The van der Waals surface area contributed by atoms with Gasteiger partial charge in [-0.05, 0) is 19.3 Å². The molecule has 1 aliphatic rings. The van der Waals surface area contributed by atoms with Crippen molar-refractivity contribution in [3.63, 3.8) is 0 Å². The SMILES string of the molecule is CCC(=NC1CC1)c1c(O)n(C)c(=O)n(C)c1=O. The second-order valence-electron chi connectivity index (χ2n) is 4.56. The summed E-state index contributed by atoms with van der Waals surface area (Å²) in [6.07, 6.45) is 2.60. The first-order valence-electron chi connectivity index (χ1n) is 6.03. The fourth-order valence-corrected chi connectivity index (χ4v) is 1.84. The van der Waals surface area contributed by atoms with E-state index in [0.717, 1.165) is 22.0 Å². The molecule has 1 N–H and O–H groups in total. The predicted octanol–water partition coefficient (Wildman–Crippen LogP) is 0.151. The zero-order valence-corrected chi connectivity index (χ0v) is 10.8. The van der Waals surface area contributed by atoms with Crippen LogP contribution in [0.5, 0.6) is 5.88 Å². The Hall–Kier alpha value is -1.85. The Bertz CT molecular complexity index is 621. The van der Waals surface area contributed by atoms with E-state index in [-0.39, 0.29) is 17.5 Å². The third kappa shape index (κ3) is 1.98. The van der Waals surface area contributed by atoms with E-state index in [1.54, 1.807) is 0 Å². The normalized spacial score (nSPS) is 16.1. The number of hydrogen-bond donors (Lipinski definition) is 1. The molecule has 0 atom stereocenters. The summed E-state index contributed by atoms with van der Waals surface area (Å²) < 4.78 is 2.06. The van der Waals surface area contributed by atoms with Crippen LogP contribution >= 0.6 is 0 Å². The van der Waals surface area contributed by atoms with Crippen molar-refractivity contribution < 1.29 is 5.11 Å². The zero-order valence-electron chi connectivity index (χ0n) is 10.8. The molecule has 0 aliphatic heterocycles. The lowest BCUT2D eigenvalue weighted by atomic mass is 10.1. The number of nitrogens with zero attached hydrogens (tertiary/aromatic N) is 3. The van der Waals surface area contributed by atoms with Crippen molar-refractivity contribution in [2.24, 2.45) is 19.1 Å². The van der Waals surface area contributed by atoms with Gasteiger partial charge in [-0.2, -0.15) is 0 Å². The quantitative estimate of drug-likeness (QED) is 0.777. The molecule has 0 spiro atoms. The van der Waals surface area contributed by atoms with Crippen LogP contribution in [0, 0.1) is 0 Å². The summed E-state index contributed by atoms with van der Waals surface area (Å²) in [6, 6.07) is 0.265. The molecule has 2 rings (SSSR count). The molecule has 0 saturated heterocycles. The van der Waals surface area contributed by atoms with E-state index in [9.17, 15) is 14.7 Å². The van der Waals surface area contributed by atoms with E-state index in [1.807, 2.05) is 6.92 Å². The molecule has 1 aliphatic carbocycles. The Balaban J connectivity index is 2.70. The second-order valence-corrected chi connectivity index (χ2v) is 4.56. The van der Waals surface area contributed by atoms with Crippen LogP contribution in [0.1, 0.15) is 31.7 Å².